The molecule has 0 spiro atoms. The van der Waals surface area contributed by atoms with Gasteiger partial charge < -0.3 is 5.32 Å². The minimum Gasteiger partial charge on any atom is -0.310 e. The first-order chi connectivity index (χ1) is 8.78. The number of hydrogen-bond acceptors (Lipinski definition) is 2. The van der Waals surface area contributed by atoms with Crippen LogP contribution < -0.4 is 5.32 Å². The van der Waals surface area contributed by atoms with Crippen LogP contribution in [0.5, 0.6) is 0 Å². The first kappa shape index (κ1) is 13.4. The molecule has 0 amide bonds. The summed E-state index contributed by atoms with van der Waals surface area (Å²) in [6, 6.07) is 8.62. The number of hydrogen-bond donors (Lipinski definition) is 1. The van der Waals surface area contributed by atoms with Crippen molar-refractivity contribution in [3.8, 4) is 12.3 Å². The van der Waals surface area contributed by atoms with Crippen LogP contribution in [0.2, 0.25) is 5.02 Å². The molecule has 0 unspecified atom stereocenters. The fourth-order valence-electron chi connectivity index (χ4n) is 2.33. The molecule has 1 aromatic carbocycles. The van der Waals surface area contributed by atoms with Gasteiger partial charge in [0.05, 0.1) is 6.54 Å². The molecule has 1 aliphatic rings. The molecule has 96 valence electrons. The topological polar surface area (TPSA) is 15.3 Å². The van der Waals surface area contributed by atoms with Crippen LogP contribution >= 0.6 is 11.6 Å². The summed E-state index contributed by atoms with van der Waals surface area (Å²) in [5, 5.41) is 4.39. The van der Waals surface area contributed by atoms with Gasteiger partial charge in [0.15, 0.2) is 0 Å². The van der Waals surface area contributed by atoms with Crippen molar-refractivity contribution in [1.29, 1.82) is 0 Å². The molecule has 0 aliphatic carbocycles. The number of terminal acetylenes is 1. The molecular formula is C15H19ClN2. The fraction of sp³-hybridized carbons (Fsp3) is 0.467. The van der Waals surface area contributed by atoms with Crippen molar-refractivity contribution in [3.05, 3.63) is 34.9 Å². The average molecular weight is 263 g/mol. The Morgan fingerprint density at radius 3 is 2.83 bits per heavy atom. The van der Waals surface area contributed by atoms with Gasteiger partial charge in [-0.2, -0.15) is 0 Å². The van der Waals surface area contributed by atoms with Crippen molar-refractivity contribution < 1.29 is 0 Å². The summed E-state index contributed by atoms with van der Waals surface area (Å²) in [5.41, 5.74) is 1.24. The highest BCUT2D eigenvalue weighted by Gasteiger charge is 2.17. The summed E-state index contributed by atoms with van der Waals surface area (Å²) in [6.07, 6.45) is 7.66. The van der Waals surface area contributed by atoms with Crippen LogP contribution in [0.4, 0.5) is 0 Å². The first-order valence-electron chi connectivity index (χ1n) is 6.41. The maximum absolute atomic E-state index is 5.97. The summed E-state index contributed by atoms with van der Waals surface area (Å²) < 4.78 is 0. The highest BCUT2D eigenvalue weighted by Crippen LogP contribution is 2.13. The molecule has 18 heavy (non-hydrogen) atoms. The van der Waals surface area contributed by atoms with E-state index in [0.717, 1.165) is 31.2 Å². The van der Waals surface area contributed by atoms with Crippen LogP contribution in [-0.4, -0.2) is 30.6 Å². The molecule has 0 aromatic heterocycles. The number of nitrogens with zero attached hydrogens (tertiary/aromatic N) is 1. The molecule has 1 saturated heterocycles. The van der Waals surface area contributed by atoms with Gasteiger partial charge in [0.2, 0.25) is 0 Å². The fourth-order valence-corrected chi connectivity index (χ4v) is 2.55. The molecule has 0 saturated carbocycles. The van der Waals surface area contributed by atoms with E-state index < -0.39 is 0 Å². The summed E-state index contributed by atoms with van der Waals surface area (Å²) >= 11 is 5.97. The Bertz CT molecular complexity index is 417. The largest absolute Gasteiger partial charge is 0.310 e. The van der Waals surface area contributed by atoms with Crippen molar-refractivity contribution in [2.24, 2.45) is 0 Å². The molecule has 2 rings (SSSR count). The summed E-state index contributed by atoms with van der Waals surface area (Å²) in [7, 11) is 0. The van der Waals surface area contributed by atoms with Crippen LogP contribution in [0.25, 0.3) is 0 Å². The lowest BCUT2D eigenvalue weighted by Crippen LogP contribution is -2.42. The van der Waals surface area contributed by atoms with Crippen LogP contribution in [-0.2, 0) is 6.54 Å². The van der Waals surface area contributed by atoms with Gasteiger partial charge in [-0.25, -0.2) is 0 Å². The number of rotatable bonds is 4. The first-order valence-corrected chi connectivity index (χ1v) is 6.79. The Morgan fingerprint density at radius 1 is 1.39 bits per heavy atom. The lowest BCUT2D eigenvalue weighted by atomic mass is 10.0. The van der Waals surface area contributed by atoms with E-state index in [9.17, 15) is 0 Å². The molecule has 1 fully saturated rings. The van der Waals surface area contributed by atoms with Gasteiger partial charge in [-0.05, 0) is 30.5 Å². The third-order valence-electron chi connectivity index (χ3n) is 3.39. The van der Waals surface area contributed by atoms with Crippen molar-refractivity contribution >= 4 is 11.6 Å². The molecule has 1 aliphatic heterocycles. The molecule has 3 heteroatoms. The molecular weight excluding hydrogens is 244 g/mol. The van der Waals surface area contributed by atoms with Gasteiger partial charge in [-0.15, -0.1) is 6.42 Å². The molecule has 1 heterocycles. The zero-order valence-corrected chi connectivity index (χ0v) is 11.3. The van der Waals surface area contributed by atoms with Gasteiger partial charge >= 0.3 is 0 Å². The number of piperidine rings is 1. The van der Waals surface area contributed by atoms with Crippen LogP contribution in [0.3, 0.4) is 0 Å². The SMILES string of the molecule is C#CCN1CCC(NCc2cccc(Cl)c2)CC1. The van der Waals surface area contributed by atoms with Crippen LogP contribution in [0, 0.1) is 12.3 Å². The van der Waals surface area contributed by atoms with E-state index in [1.165, 1.54) is 18.4 Å². The third kappa shape index (κ3) is 4.03. The predicted molar refractivity (Wildman–Crippen MR) is 76.6 cm³/mol. The second kappa shape index (κ2) is 6.80. The smallest absolute Gasteiger partial charge is 0.0598 e. The number of benzene rings is 1. The standard InChI is InChI=1S/C15H19ClN2/c1-2-8-18-9-6-15(7-10-18)17-12-13-4-3-5-14(16)11-13/h1,3-5,11,15,17H,6-10,12H2. The second-order valence-electron chi connectivity index (χ2n) is 4.77. The minimum absolute atomic E-state index is 0.595. The highest BCUT2D eigenvalue weighted by molar-refractivity contribution is 6.30. The monoisotopic (exact) mass is 262 g/mol. The van der Waals surface area contributed by atoms with Crippen molar-refractivity contribution in [2.45, 2.75) is 25.4 Å². The van der Waals surface area contributed by atoms with Crippen molar-refractivity contribution in [2.75, 3.05) is 19.6 Å². The third-order valence-corrected chi connectivity index (χ3v) is 3.62. The lowest BCUT2D eigenvalue weighted by molar-refractivity contribution is 0.217. The van der Waals surface area contributed by atoms with Gasteiger partial charge in [0, 0.05) is 30.7 Å². The summed E-state index contributed by atoms with van der Waals surface area (Å²) in [4.78, 5) is 2.33. The Balaban J connectivity index is 1.74. The molecule has 1 aromatic rings. The Hall–Kier alpha value is -1.01. The maximum Gasteiger partial charge on any atom is 0.0598 e. The normalized spacial score (nSPS) is 17.6. The van der Waals surface area contributed by atoms with E-state index in [1.54, 1.807) is 0 Å². The Morgan fingerprint density at radius 2 is 2.17 bits per heavy atom. The number of halogens is 1. The van der Waals surface area contributed by atoms with E-state index in [1.807, 2.05) is 18.2 Å². The van der Waals surface area contributed by atoms with E-state index >= 15 is 0 Å². The van der Waals surface area contributed by atoms with Gasteiger partial charge in [-0.1, -0.05) is 29.7 Å². The predicted octanol–water partition coefficient (Wildman–Crippen LogP) is 2.53. The quantitative estimate of drug-likeness (QED) is 0.839. The number of likely N-dealkylation sites (tertiary alicyclic amines) is 1. The van der Waals surface area contributed by atoms with E-state index in [0.29, 0.717) is 6.04 Å². The molecule has 0 radical (unpaired) electrons. The van der Waals surface area contributed by atoms with E-state index in [-0.39, 0.29) is 0 Å². The van der Waals surface area contributed by atoms with Gasteiger partial charge in [0.25, 0.3) is 0 Å². The molecule has 0 bridgehead atoms. The molecule has 2 nitrogen and oxygen atoms in total. The van der Waals surface area contributed by atoms with Crippen molar-refractivity contribution in [3.63, 3.8) is 0 Å². The van der Waals surface area contributed by atoms with Crippen LogP contribution in [0.15, 0.2) is 24.3 Å². The van der Waals surface area contributed by atoms with E-state index in [4.69, 9.17) is 18.0 Å². The second-order valence-corrected chi connectivity index (χ2v) is 5.20. The Kier molecular flexibility index (Phi) is 5.07. The Labute approximate surface area is 114 Å². The summed E-state index contributed by atoms with van der Waals surface area (Å²) in [5.74, 6) is 2.71. The summed E-state index contributed by atoms with van der Waals surface area (Å²) in [6.45, 7) is 3.86. The van der Waals surface area contributed by atoms with Gasteiger partial charge in [-0.3, -0.25) is 4.90 Å². The molecule has 0 atom stereocenters. The highest BCUT2D eigenvalue weighted by atomic mass is 35.5. The maximum atomic E-state index is 5.97. The molecule has 1 N–H and O–H groups in total. The minimum atomic E-state index is 0.595. The average Bonchev–Trinajstić information content (AvgIpc) is 2.38. The van der Waals surface area contributed by atoms with Crippen molar-refractivity contribution in [1.82, 2.24) is 10.2 Å². The zero-order chi connectivity index (χ0) is 12.8. The van der Waals surface area contributed by atoms with Gasteiger partial charge in [0.1, 0.15) is 0 Å². The van der Waals surface area contributed by atoms with E-state index in [2.05, 4.69) is 22.2 Å². The number of nitrogens with one attached hydrogen (secondary N) is 1. The lowest BCUT2D eigenvalue weighted by Gasteiger charge is -2.31. The van der Waals surface area contributed by atoms with Crippen LogP contribution in [0.1, 0.15) is 18.4 Å². The zero-order valence-electron chi connectivity index (χ0n) is 10.5.